The lowest BCUT2D eigenvalue weighted by Gasteiger charge is -2.04. The number of rotatable bonds is 4. The summed E-state index contributed by atoms with van der Waals surface area (Å²) in [6.07, 6.45) is 0. The molecule has 1 rings (SSSR count). The van der Waals surface area contributed by atoms with Gasteiger partial charge in [-0.25, -0.2) is 0 Å². The number of benzene rings is 1. The Morgan fingerprint density at radius 2 is 2.23 bits per heavy atom. The van der Waals surface area contributed by atoms with Crippen molar-refractivity contribution in [2.45, 2.75) is 12.7 Å². The first-order valence-electron chi connectivity index (χ1n) is 4.27. The van der Waals surface area contributed by atoms with Crippen LogP contribution in [0, 0.1) is 6.92 Å². The number of halogens is 1. The summed E-state index contributed by atoms with van der Waals surface area (Å²) in [6.45, 7) is 2.77. The Labute approximate surface area is 88.7 Å². The van der Waals surface area contributed by atoms with E-state index in [1.807, 2.05) is 24.8 Å². The highest BCUT2D eigenvalue weighted by Gasteiger charge is 1.99. The summed E-state index contributed by atoms with van der Waals surface area (Å²) >= 11 is 7.88. The van der Waals surface area contributed by atoms with E-state index in [1.54, 1.807) is 0 Å². The Bertz CT molecular complexity index is 276. The lowest BCUT2D eigenvalue weighted by atomic mass is 10.2. The molecule has 0 fully saturated rings. The van der Waals surface area contributed by atoms with Crippen LogP contribution < -0.4 is 5.73 Å². The Balaban J connectivity index is 2.56. The van der Waals surface area contributed by atoms with Gasteiger partial charge in [0.05, 0.1) is 0 Å². The van der Waals surface area contributed by atoms with Crippen LogP contribution in [0.3, 0.4) is 0 Å². The summed E-state index contributed by atoms with van der Waals surface area (Å²) in [5.41, 5.74) is 7.81. The highest BCUT2D eigenvalue weighted by molar-refractivity contribution is 7.98. The van der Waals surface area contributed by atoms with Gasteiger partial charge in [-0.1, -0.05) is 23.7 Å². The van der Waals surface area contributed by atoms with Crippen molar-refractivity contribution in [1.82, 2.24) is 0 Å². The highest BCUT2D eigenvalue weighted by atomic mass is 35.5. The first-order chi connectivity index (χ1) is 6.24. The van der Waals surface area contributed by atoms with Crippen molar-refractivity contribution in [3.05, 3.63) is 34.3 Å². The molecule has 0 unspecified atom stereocenters. The fourth-order valence-corrected chi connectivity index (χ4v) is 2.20. The van der Waals surface area contributed by atoms with Gasteiger partial charge in [-0.15, -0.1) is 0 Å². The van der Waals surface area contributed by atoms with Crippen LogP contribution in [0.2, 0.25) is 5.02 Å². The Morgan fingerprint density at radius 1 is 1.46 bits per heavy atom. The van der Waals surface area contributed by atoms with Crippen molar-refractivity contribution in [2.75, 3.05) is 12.3 Å². The molecule has 0 bridgehead atoms. The van der Waals surface area contributed by atoms with Crippen LogP contribution in [0.4, 0.5) is 0 Å². The van der Waals surface area contributed by atoms with E-state index in [0.29, 0.717) is 0 Å². The van der Waals surface area contributed by atoms with Gasteiger partial charge < -0.3 is 5.73 Å². The van der Waals surface area contributed by atoms with E-state index in [9.17, 15) is 0 Å². The molecule has 0 atom stereocenters. The normalized spacial score (nSPS) is 10.4. The largest absolute Gasteiger partial charge is 0.330 e. The summed E-state index contributed by atoms with van der Waals surface area (Å²) in [5, 5.41) is 0.865. The summed E-state index contributed by atoms with van der Waals surface area (Å²) in [7, 11) is 0. The van der Waals surface area contributed by atoms with Crippen molar-refractivity contribution in [1.29, 1.82) is 0 Å². The molecule has 0 radical (unpaired) electrons. The zero-order chi connectivity index (χ0) is 9.68. The number of hydrogen-bond acceptors (Lipinski definition) is 2. The molecule has 0 aliphatic rings. The van der Waals surface area contributed by atoms with Gasteiger partial charge in [0, 0.05) is 23.1 Å². The van der Waals surface area contributed by atoms with Crippen LogP contribution in [0.5, 0.6) is 0 Å². The quantitative estimate of drug-likeness (QED) is 0.782. The van der Waals surface area contributed by atoms with E-state index in [-0.39, 0.29) is 0 Å². The molecule has 0 aliphatic carbocycles. The minimum absolute atomic E-state index is 0.730. The first-order valence-corrected chi connectivity index (χ1v) is 5.80. The predicted molar refractivity (Wildman–Crippen MR) is 61.4 cm³/mol. The van der Waals surface area contributed by atoms with Crippen molar-refractivity contribution in [3.8, 4) is 0 Å². The monoisotopic (exact) mass is 215 g/mol. The molecular weight excluding hydrogens is 202 g/mol. The van der Waals surface area contributed by atoms with E-state index in [2.05, 4.69) is 12.1 Å². The van der Waals surface area contributed by atoms with Gasteiger partial charge in [0.2, 0.25) is 0 Å². The van der Waals surface area contributed by atoms with Gasteiger partial charge in [-0.3, -0.25) is 0 Å². The fourth-order valence-electron chi connectivity index (χ4n) is 1.03. The second kappa shape index (κ2) is 5.53. The third-order valence-corrected chi connectivity index (χ3v) is 3.12. The molecule has 0 aliphatic heterocycles. The molecule has 0 saturated heterocycles. The standard InChI is InChI=1S/C10H14ClNS/c1-8-2-3-9(10(11)6-8)7-13-5-4-12/h2-3,6H,4-5,7,12H2,1H3. The third kappa shape index (κ3) is 3.59. The number of thioether (sulfide) groups is 1. The summed E-state index contributed by atoms with van der Waals surface area (Å²) < 4.78 is 0. The smallest absolute Gasteiger partial charge is 0.0449 e. The second-order valence-electron chi connectivity index (χ2n) is 2.94. The molecule has 1 nitrogen and oxygen atoms in total. The molecule has 1 aromatic carbocycles. The molecule has 1 aromatic rings. The van der Waals surface area contributed by atoms with Crippen molar-refractivity contribution >= 4 is 23.4 Å². The van der Waals surface area contributed by atoms with E-state index in [4.69, 9.17) is 17.3 Å². The van der Waals surface area contributed by atoms with E-state index in [0.717, 1.165) is 23.1 Å². The second-order valence-corrected chi connectivity index (χ2v) is 4.45. The van der Waals surface area contributed by atoms with Gasteiger partial charge in [0.25, 0.3) is 0 Å². The molecule has 72 valence electrons. The van der Waals surface area contributed by atoms with Crippen LogP contribution in [0.15, 0.2) is 18.2 Å². The number of nitrogens with two attached hydrogens (primary N) is 1. The first kappa shape index (κ1) is 10.9. The maximum absolute atomic E-state index is 6.06. The average molecular weight is 216 g/mol. The SMILES string of the molecule is Cc1ccc(CSCCN)c(Cl)c1. The van der Waals surface area contributed by atoms with E-state index < -0.39 is 0 Å². The van der Waals surface area contributed by atoms with Crippen LogP contribution in [0.1, 0.15) is 11.1 Å². The lowest BCUT2D eigenvalue weighted by Crippen LogP contribution is -2.01. The maximum Gasteiger partial charge on any atom is 0.0449 e. The minimum Gasteiger partial charge on any atom is -0.330 e. The Kier molecular flexibility index (Phi) is 4.64. The molecule has 0 saturated carbocycles. The molecular formula is C10H14ClNS. The summed E-state index contributed by atoms with van der Waals surface area (Å²) in [5.74, 6) is 1.94. The van der Waals surface area contributed by atoms with Crippen LogP contribution in [-0.4, -0.2) is 12.3 Å². The zero-order valence-electron chi connectivity index (χ0n) is 7.72. The molecule has 2 N–H and O–H groups in total. The van der Waals surface area contributed by atoms with Crippen LogP contribution >= 0.6 is 23.4 Å². The van der Waals surface area contributed by atoms with E-state index in [1.165, 1.54) is 11.1 Å². The van der Waals surface area contributed by atoms with Gasteiger partial charge in [-0.2, -0.15) is 11.8 Å². The molecule has 13 heavy (non-hydrogen) atoms. The van der Waals surface area contributed by atoms with Gasteiger partial charge in [0.1, 0.15) is 0 Å². The topological polar surface area (TPSA) is 26.0 Å². The van der Waals surface area contributed by atoms with Crippen molar-refractivity contribution < 1.29 is 0 Å². The van der Waals surface area contributed by atoms with Gasteiger partial charge in [0.15, 0.2) is 0 Å². The predicted octanol–water partition coefficient (Wildman–Crippen LogP) is 2.84. The molecule has 0 heterocycles. The number of hydrogen-bond donors (Lipinski definition) is 1. The Morgan fingerprint density at radius 3 is 2.85 bits per heavy atom. The fraction of sp³-hybridized carbons (Fsp3) is 0.400. The zero-order valence-corrected chi connectivity index (χ0v) is 9.29. The molecule has 3 heteroatoms. The molecule has 0 amide bonds. The van der Waals surface area contributed by atoms with Crippen molar-refractivity contribution in [2.24, 2.45) is 5.73 Å². The average Bonchev–Trinajstić information content (AvgIpc) is 2.09. The number of aryl methyl sites for hydroxylation is 1. The maximum atomic E-state index is 6.06. The third-order valence-electron chi connectivity index (χ3n) is 1.73. The van der Waals surface area contributed by atoms with Crippen LogP contribution in [0.25, 0.3) is 0 Å². The van der Waals surface area contributed by atoms with Crippen LogP contribution in [-0.2, 0) is 5.75 Å². The summed E-state index contributed by atoms with van der Waals surface area (Å²) in [4.78, 5) is 0. The molecule has 0 aromatic heterocycles. The van der Waals surface area contributed by atoms with Gasteiger partial charge in [-0.05, 0) is 24.1 Å². The molecule has 0 spiro atoms. The summed E-state index contributed by atoms with van der Waals surface area (Å²) in [6, 6.07) is 6.17. The lowest BCUT2D eigenvalue weighted by molar-refractivity contribution is 1.15. The highest BCUT2D eigenvalue weighted by Crippen LogP contribution is 2.21. The Hall–Kier alpha value is -0.180. The van der Waals surface area contributed by atoms with Crippen molar-refractivity contribution in [3.63, 3.8) is 0 Å². The van der Waals surface area contributed by atoms with E-state index >= 15 is 0 Å². The minimum atomic E-state index is 0.730. The van der Waals surface area contributed by atoms with Gasteiger partial charge >= 0.3 is 0 Å².